The van der Waals surface area contributed by atoms with Crippen LogP contribution < -0.4 is 0 Å². The van der Waals surface area contributed by atoms with Crippen molar-refractivity contribution in [1.29, 1.82) is 0 Å². The zero-order valence-electron chi connectivity index (χ0n) is 13.7. The highest BCUT2D eigenvalue weighted by Gasteiger charge is 2.61. The zero-order chi connectivity index (χ0) is 17.7. The summed E-state index contributed by atoms with van der Waals surface area (Å²) in [4.78, 5) is 50.7. The van der Waals surface area contributed by atoms with Crippen LogP contribution in [0.25, 0.3) is 0 Å². The molecular formula is C17H17N3O5. The van der Waals surface area contributed by atoms with E-state index in [0.29, 0.717) is 17.5 Å². The first-order chi connectivity index (χ1) is 12.1. The molecule has 0 bridgehead atoms. The molecule has 25 heavy (non-hydrogen) atoms. The highest BCUT2D eigenvalue weighted by Crippen LogP contribution is 2.39. The largest absolute Gasteiger partial charge is 0.447 e. The predicted molar refractivity (Wildman–Crippen MR) is 84.3 cm³/mol. The van der Waals surface area contributed by atoms with Gasteiger partial charge in [0, 0.05) is 0 Å². The highest BCUT2D eigenvalue weighted by atomic mass is 16.6. The number of carbonyl (C=O) groups excluding carboxylic acids is 4. The van der Waals surface area contributed by atoms with Crippen LogP contribution in [0.5, 0.6) is 0 Å². The number of rotatable bonds is 4. The first-order valence-electron chi connectivity index (χ1n) is 8.30. The smallest absolute Gasteiger partial charge is 0.416 e. The van der Waals surface area contributed by atoms with Crippen LogP contribution >= 0.6 is 0 Å². The molecule has 0 saturated carbocycles. The summed E-state index contributed by atoms with van der Waals surface area (Å²) in [6, 6.07) is 5.64. The third-order valence-electron chi connectivity index (χ3n) is 4.77. The maximum atomic E-state index is 12.7. The first-order valence-corrected chi connectivity index (χ1v) is 8.30. The van der Waals surface area contributed by atoms with Crippen molar-refractivity contribution in [2.45, 2.75) is 31.8 Å². The van der Waals surface area contributed by atoms with E-state index in [9.17, 15) is 19.2 Å². The van der Waals surface area contributed by atoms with E-state index in [2.05, 4.69) is 0 Å². The number of hydrogen-bond acceptors (Lipinski definition) is 6. The van der Waals surface area contributed by atoms with E-state index in [1.807, 2.05) is 6.92 Å². The van der Waals surface area contributed by atoms with Gasteiger partial charge in [0.15, 0.2) is 0 Å². The van der Waals surface area contributed by atoms with Crippen LogP contribution in [0.4, 0.5) is 4.79 Å². The second kappa shape index (κ2) is 5.66. The lowest BCUT2D eigenvalue weighted by Gasteiger charge is -2.17. The van der Waals surface area contributed by atoms with E-state index >= 15 is 0 Å². The number of hydrazine groups is 1. The summed E-state index contributed by atoms with van der Waals surface area (Å²) in [7, 11) is 0. The van der Waals surface area contributed by atoms with E-state index in [1.165, 1.54) is 5.01 Å². The lowest BCUT2D eigenvalue weighted by Crippen LogP contribution is -2.41. The standard InChI is InChI=1S/C17H17N3O5/c1-2-5-12-13(16(23)18-8-9-25-17(18)24)19(12)20-14(21)10-6-3-4-7-11(10)15(20)22/h3-4,6-7,12-13H,2,5,8-9H2,1H3/t12-,13+,19?/m0/s1. The Balaban J connectivity index is 1.61. The summed E-state index contributed by atoms with van der Waals surface area (Å²) in [5.41, 5.74) is 0.669. The minimum absolute atomic E-state index is 0.169. The molecule has 0 aliphatic carbocycles. The fourth-order valence-corrected chi connectivity index (χ4v) is 3.54. The molecule has 4 amide bonds. The third kappa shape index (κ3) is 2.25. The Labute approximate surface area is 143 Å². The number of carbonyl (C=O) groups is 4. The summed E-state index contributed by atoms with van der Waals surface area (Å²) in [6.45, 7) is 2.33. The van der Waals surface area contributed by atoms with E-state index in [-0.39, 0.29) is 19.2 Å². The molecule has 0 N–H and O–H groups in total. The third-order valence-corrected chi connectivity index (χ3v) is 4.77. The first kappa shape index (κ1) is 15.8. The molecule has 3 atom stereocenters. The number of hydrogen-bond donors (Lipinski definition) is 0. The molecule has 0 radical (unpaired) electrons. The van der Waals surface area contributed by atoms with Gasteiger partial charge in [0.1, 0.15) is 12.6 Å². The van der Waals surface area contributed by atoms with Crippen LogP contribution in [0.2, 0.25) is 0 Å². The SMILES string of the molecule is CCC[C@H]1[C@H](C(=O)N2CCOC2=O)N1N1C(=O)c2ccccc2C1=O. The Bertz CT molecular complexity index is 757. The highest BCUT2D eigenvalue weighted by molar-refractivity contribution is 6.21. The fourth-order valence-electron chi connectivity index (χ4n) is 3.54. The molecule has 3 heterocycles. The van der Waals surface area contributed by atoms with E-state index in [1.54, 1.807) is 24.3 Å². The maximum Gasteiger partial charge on any atom is 0.416 e. The summed E-state index contributed by atoms with van der Waals surface area (Å²) in [5.74, 6) is -1.28. The summed E-state index contributed by atoms with van der Waals surface area (Å²) in [6.07, 6.45) is 0.764. The quantitative estimate of drug-likeness (QED) is 0.599. The molecule has 4 rings (SSSR count). The molecule has 3 aliphatic heterocycles. The molecule has 8 heteroatoms. The van der Waals surface area contributed by atoms with Crippen LogP contribution in [0, 0.1) is 0 Å². The zero-order valence-corrected chi connectivity index (χ0v) is 13.7. The average molecular weight is 343 g/mol. The lowest BCUT2D eigenvalue weighted by atomic mass is 10.1. The normalized spacial score (nSPS) is 27.6. The van der Waals surface area contributed by atoms with E-state index in [0.717, 1.165) is 16.3 Å². The number of benzene rings is 1. The Hall–Kier alpha value is -2.74. The Morgan fingerprint density at radius 1 is 1.16 bits per heavy atom. The molecule has 2 saturated heterocycles. The number of ether oxygens (including phenoxy) is 1. The van der Waals surface area contributed by atoms with Gasteiger partial charge in [-0.3, -0.25) is 14.4 Å². The van der Waals surface area contributed by atoms with Gasteiger partial charge in [-0.25, -0.2) is 14.7 Å². The van der Waals surface area contributed by atoms with Crippen molar-refractivity contribution in [3.63, 3.8) is 0 Å². The van der Waals surface area contributed by atoms with Gasteiger partial charge < -0.3 is 4.74 Å². The van der Waals surface area contributed by atoms with E-state index in [4.69, 9.17) is 4.74 Å². The minimum Gasteiger partial charge on any atom is -0.447 e. The van der Waals surface area contributed by atoms with Crippen molar-refractivity contribution in [2.24, 2.45) is 0 Å². The number of fused-ring (bicyclic) bond motifs is 1. The molecule has 8 nitrogen and oxygen atoms in total. The van der Waals surface area contributed by atoms with Gasteiger partial charge in [0.05, 0.1) is 23.7 Å². The van der Waals surface area contributed by atoms with Gasteiger partial charge in [-0.05, 0) is 18.6 Å². The number of amides is 4. The Morgan fingerprint density at radius 3 is 2.32 bits per heavy atom. The fraction of sp³-hybridized carbons (Fsp3) is 0.412. The molecule has 1 aromatic carbocycles. The maximum absolute atomic E-state index is 12.7. The number of nitrogens with zero attached hydrogens (tertiary/aromatic N) is 3. The van der Waals surface area contributed by atoms with Gasteiger partial charge in [-0.1, -0.05) is 25.5 Å². The van der Waals surface area contributed by atoms with Crippen molar-refractivity contribution in [3.8, 4) is 0 Å². The van der Waals surface area contributed by atoms with Crippen LogP contribution in [0.3, 0.4) is 0 Å². The average Bonchev–Trinajstić information content (AvgIpc) is 3.01. The van der Waals surface area contributed by atoms with Gasteiger partial charge in [-0.15, -0.1) is 0 Å². The molecule has 1 unspecified atom stereocenters. The molecule has 2 fully saturated rings. The van der Waals surface area contributed by atoms with Crippen LogP contribution in [0.15, 0.2) is 24.3 Å². The Morgan fingerprint density at radius 2 is 1.80 bits per heavy atom. The van der Waals surface area contributed by atoms with Crippen molar-refractivity contribution in [1.82, 2.24) is 14.9 Å². The molecule has 3 aliphatic rings. The molecular weight excluding hydrogens is 326 g/mol. The number of cyclic esters (lactones) is 1. The summed E-state index contributed by atoms with van der Waals surface area (Å²) in [5, 5.41) is 2.55. The number of imide groups is 2. The van der Waals surface area contributed by atoms with Crippen molar-refractivity contribution >= 4 is 23.8 Å². The van der Waals surface area contributed by atoms with E-state index < -0.39 is 29.9 Å². The minimum atomic E-state index is -0.687. The molecule has 0 spiro atoms. The second-order valence-electron chi connectivity index (χ2n) is 6.25. The monoisotopic (exact) mass is 343 g/mol. The van der Waals surface area contributed by atoms with Gasteiger partial charge in [0.2, 0.25) is 0 Å². The summed E-state index contributed by atoms with van der Waals surface area (Å²) >= 11 is 0. The molecule has 130 valence electrons. The predicted octanol–water partition coefficient (Wildman–Crippen LogP) is 1.03. The lowest BCUT2D eigenvalue weighted by molar-refractivity contribution is -0.128. The molecule has 0 aromatic heterocycles. The topological polar surface area (TPSA) is 87.0 Å². The molecule has 1 aromatic rings. The van der Waals surface area contributed by atoms with Crippen LogP contribution in [-0.4, -0.2) is 64.0 Å². The second-order valence-corrected chi connectivity index (χ2v) is 6.25. The van der Waals surface area contributed by atoms with Crippen LogP contribution in [-0.2, 0) is 9.53 Å². The van der Waals surface area contributed by atoms with Crippen molar-refractivity contribution < 1.29 is 23.9 Å². The van der Waals surface area contributed by atoms with Gasteiger partial charge in [0.25, 0.3) is 17.7 Å². The summed E-state index contributed by atoms with van der Waals surface area (Å²) < 4.78 is 4.81. The Kier molecular flexibility index (Phi) is 3.57. The van der Waals surface area contributed by atoms with Crippen molar-refractivity contribution in [3.05, 3.63) is 35.4 Å². The van der Waals surface area contributed by atoms with Gasteiger partial charge >= 0.3 is 6.09 Å². The van der Waals surface area contributed by atoms with Crippen molar-refractivity contribution in [2.75, 3.05) is 13.2 Å². The van der Waals surface area contributed by atoms with Gasteiger partial charge in [-0.2, -0.15) is 5.01 Å². The van der Waals surface area contributed by atoms with Crippen LogP contribution in [0.1, 0.15) is 40.5 Å².